The van der Waals surface area contributed by atoms with Crippen molar-refractivity contribution in [1.29, 1.82) is 0 Å². The first-order chi connectivity index (χ1) is 29.6. The average Bonchev–Trinajstić information content (AvgIpc) is 4.00. The second-order valence-corrected chi connectivity index (χ2v) is 15.7. The summed E-state index contributed by atoms with van der Waals surface area (Å²) in [5, 5.41) is 2.94. The van der Waals surface area contributed by atoms with Gasteiger partial charge in [-0.1, -0.05) is 142 Å². The molecule has 272 valence electrons. The van der Waals surface area contributed by atoms with Crippen molar-refractivity contribution in [3.63, 3.8) is 0 Å². The fraction of sp³-hybridized carbons (Fsp3) is 0.0600. The molecule has 2 aliphatic carbocycles. The van der Waals surface area contributed by atoms with E-state index < -0.39 is 5.41 Å². The highest BCUT2D eigenvalue weighted by Gasteiger charge is 2.46. The number of nitrogens with zero attached hydrogens (tertiary/aromatic N) is 3. The molecule has 3 heterocycles. The molecule has 61 heavy (non-hydrogen) atoms. The van der Waals surface area contributed by atoms with Gasteiger partial charge < -0.3 is 19.6 Å². The number of hydrogen-bond donors (Lipinski definition) is 1. The van der Waals surface area contributed by atoms with Crippen LogP contribution in [0.1, 0.15) is 24.0 Å². The van der Waals surface area contributed by atoms with Crippen molar-refractivity contribution in [3.8, 4) is 5.69 Å². The van der Waals surface area contributed by atoms with Gasteiger partial charge in [0.2, 0.25) is 0 Å². The zero-order valence-electron chi connectivity index (χ0n) is 32.9. The second-order valence-electron chi connectivity index (χ2n) is 15.7. The first kappa shape index (κ1) is 37.1. The Morgan fingerprint density at radius 3 is 1.98 bits per heavy atom. The summed E-state index contributed by atoms with van der Waals surface area (Å²) >= 11 is 0. The highest BCUT2D eigenvalue weighted by atomic mass is 16.5. The van der Waals surface area contributed by atoms with Crippen LogP contribution < -0.4 is 38.5 Å². The molecular weight excluding hydrogens is 737 g/mol. The minimum Gasteiger partial charge on any atom is -0.464 e. The summed E-state index contributed by atoms with van der Waals surface area (Å²) in [6.45, 7) is 0. The highest BCUT2D eigenvalue weighted by molar-refractivity contribution is 6.61. The number of fused-ring (bicyclic) bond motifs is 9. The standard InChI is InChI=1S/C50H28B6N4O/c51-29-21-33-41-43(55)44(56)42-34-22-30(52)24-37(54)46(34)60(48(42)47(41)59(45(33)36(53)23-29)31-15-8-3-9-16-31)32-18-19-39-35(25-32)50(20-10-17-40(50)61-39)26-38(27-11-4-1-5-12-27)58-49(57)28-13-6-2-7-14-28/h1-8,10-15,17,20-26H,18-19H2,(H2,57,58)/b38-26+. The molecule has 0 saturated heterocycles. The molecule has 1 aliphatic heterocycles. The number of hydrogen-bond acceptors (Lipinski definition) is 2. The van der Waals surface area contributed by atoms with Crippen molar-refractivity contribution in [2.24, 2.45) is 16.1 Å². The molecule has 0 bridgehead atoms. The number of ether oxygens (including phenoxy) is 1. The molecular formula is C50H28B6N4O. The Labute approximate surface area is 361 Å². The highest BCUT2D eigenvalue weighted by Crippen LogP contribution is 2.56. The van der Waals surface area contributed by atoms with Crippen LogP contribution in [0.15, 0.2) is 156 Å². The number of benzene rings is 5. The van der Waals surface area contributed by atoms with E-state index in [-0.39, 0.29) is 0 Å². The predicted octanol–water partition coefficient (Wildman–Crippen LogP) is 4.06. The molecule has 11 rings (SSSR count). The van der Waals surface area contributed by atoms with Crippen molar-refractivity contribution in [2.45, 2.75) is 12.8 Å². The van der Waals surface area contributed by atoms with E-state index in [0.717, 1.165) is 61.2 Å². The van der Waals surface area contributed by atoms with Gasteiger partial charge in [-0.25, -0.2) is 4.99 Å². The Hall–Kier alpha value is -6.90. The van der Waals surface area contributed by atoms with Crippen LogP contribution in [0.4, 0.5) is 0 Å². The van der Waals surface area contributed by atoms with Gasteiger partial charge >= 0.3 is 0 Å². The summed E-state index contributed by atoms with van der Waals surface area (Å²) in [7, 11) is 41.2. The number of aliphatic imine (C=N–C) groups is 1. The topological polar surface area (TPSA) is 57.5 Å². The van der Waals surface area contributed by atoms with E-state index in [1.807, 2.05) is 97.1 Å². The van der Waals surface area contributed by atoms with E-state index in [1.165, 1.54) is 0 Å². The fourth-order valence-electron chi connectivity index (χ4n) is 9.52. The number of amidine groups is 1. The van der Waals surface area contributed by atoms with Crippen LogP contribution in [0, 0.1) is 17.5 Å². The molecule has 0 spiro atoms. The SMILES string of the molecule is [B]c1cc([B])c2c(c1)c1c([B])c([B])c3c4cc([B])cc([B])c4n(-c4c#cccc4)c3c1n2C1=CC2=C(CC1)OC1=CC=CC12/C=C(/N=C(N)c1ccccc1)c1ccccc1. The Bertz CT molecular complexity index is 3400. The zero-order chi connectivity index (χ0) is 41.7. The number of allylic oxidation sites excluding steroid dienone is 6. The van der Waals surface area contributed by atoms with Crippen LogP contribution in [0.5, 0.6) is 0 Å². The lowest BCUT2D eigenvalue weighted by atomic mass is 9.74. The van der Waals surface area contributed by atoms with Crippen molar-refractivity contribution in [3.05, 3.63) is 174 Å². The van der Waals surface area contributed by atoms with Crippen LogP contribution in [0.3, 0.4) is 0 Å². The van der Waals surface area contributed by atoms with Gasteiger partial charge in [-0.3, -0.25) is 0 Å². The summed E-state index contributed by atoms with van der Waals surface area (Å²) in [6, 6.07) is 39.3. The minimum atomic E-state index is -0.796. The smallest absolute Gasteiger partial charge is 0.131 e. The Kier molecular flexibility index (Phi) is 8.41. The molecule has 12 radical (unpaired) electrons. The van der Waals surface area contributed by atoms with E-state index >= 15 is 0 Å². The lowest BCUT2D eigenvalue weighted by Gasteiger charge is -2.25. The van der Waals surface area contributed by atoms with E-state index in [9.17, 15) is 0 Å². The zero-order valence-corrected chi connectivity index (χ0v) is 32.9. The van der Waals surface area contributed by atoms with Gasteiger partial charge in [-0.05, 0) is 48.4 Å². The van der Waals surface area contributed by atoms with Crippen molar-refractivity contribution < 1.29 is 4.74 Å². The van der Waals surface area contributed by atoms with Gasteiger partial charge in [0.1, 0.15) is 64.4 Å². The van der Waals surface area contributed by atoms with E-state index in [2.05, 4.69) is 39.5 Å². The van der Waals surface area contributed by atoms with Crippen LogP contribution in [-0.2, 0) is 4.74 Å². The molecule has 8 aromatic rings. The van der Waals surface area contributed by atoms with Gasteiger partial charge in [0.15, 0.2) is 0 Å². The first-order valence-corrected chi connectivity index (χ1v) is 19.9. The van der Waals surface area contributed by atoms with E-state index in [4.69, 9.17) is 62.5 Å². The summed E-state index contributed by atoms with van der Waals surface area (Å²) in [5.41, 5.74) is 16.7. The quantitative estimate of drug-likeness (QED) is 0.158. The Morgan fingerprint density at radius 1 is 0.721 bits per heavy atom. The molecule has 6 aromatic carbocycles. The van der Waals surface area contributed by atoms with Crippen molar-refractivity contribution in [2.75, 3.05) is 0 Å². The largest absolute Gasteiger partial charge is 0.464 e. The maximum absolute atomic E-state index is 7.18. The molecule has 2 N–H and O–H groups in total. The van der Waals surface area contributed by atoms with Gasteiger partial charge in [0.05, 0.1) is 27.8 Å². The average molecular weight is 766 g/mol. The third-order valence-electron chi connectivity index (χ3n) is 12.1. The number of nitrogens with two attached hydrogens (primary N) is 1. The minimum absolute atomic E-state index is 0.391. The molecule has 3 aliphatic rings. The number of aromatic nitrogens is 2. The van der Waals surface area contributed by atoms with Crippen LogP contribution in [0.2, 0.25) is 0 Å². The molecule has 5 nitrogen and oxygen atoms in total. The summed E-state index contributed by atoms with van der Waals surface area (Å²) in [5.74, 6) is 2.07. The van der Waals surface area contributed by atoms with Gasteiger partial charge in [-0.2, -0.15) is 0 Å². The van der Waals surface area contributed by atoms with Crippen molar-refractivity contribution in [1.82, 2.24) is 9.13 Å². The maximum Gasteiger partial charge on any atom is 0.131 e. The van der Waals surface area contributed by atoms with Gasteiger partial charge in [0, 0.05) is 55.8 Å². The Morgan fingerprint density at radius 2 is 1.34 bits per heavy atom. The van der Waals surface area contributed by atoms with Gasteiger partial charge in [0.25, 0.3) is 0 Å². The molecule has 0 fully saturated rings. The fourth-order valence-corrected chi connectivity index (χ4v) is 9.52. The van der Waals surface area contributed by atoms with Crippen LogP contribution in [-0.4, -0.2) is 62.0 Å². The summed E-state index contributed by atoms with van der Waals surface area (Å²) in [4.78, 5) is 5.08. The Balaban J connectivity index is 1.23. The third-order valence-corrected chi connectivity index (χ3v) is 12.1. The lowest BCUT2D eigenvalue weighted by Crippen LogP contribution is -2.27. The summed E-state index contributed by atoms with van der Waals surface area (Å²) < 4.78 is 11.0. The van der Waals surface area contributed by atoms with E-state index in [1.54, 1.807) is 18.2 Å². The monoisotopic (exact) mass is 766 g/mol. The molecule has 0 amide bonds. The molecule has 11 heteroatoms. The van der Waals surface area contributed by atoms with Crippen LogP contribution >= 0.6 is 0 Å². The molecule has 1 atom stereocenters. The summed E-state index contributed by atoms with van der Waals surface area (Å²) in [6.07, 6.45) is 11.8. The normalized spacial score (nSPS) is 17.5. The first-order valence-electron chi connectivity index (χ1n) is 19.9. The predicted molar refractivity (Wildman–Crippen MR) is 257 cm³/mol. The number of rotatable bonds is 6. The van der Waals surface area contributed by atoms with Crippen molar-refractivity contribution >= 4 is 141 Å². The van der Waals surface area contributed by atoms with Crippen LogP contribution in [0.25, 0.3) is 60.7 Å². The molecule has 0 saturated carbocycles. The second kappa shape index (κ2) is 13.8. The van der Waals surface area contributed by atoms with E-state index in [0.29, 0.717) is 79.1 Å². The maximum atomic E-state index is 7.18. The lowest BCUT2D eigenvalue weighted by molar-refractivity contribution is 0.290. The molecule has 1 unspecified atom stereocenters. The molecule has 2 aromatic heterocycles. The third kappa shape index (κ3) is 5.55. The van der Waals surface area contributed by atoms with Gasteiger partial charge in [-0.15, -0.1) is 0 Å².